The minimum atomic E-state index is -1.08. The minimum absolute atomic E-state index is 0.333. The van der Waals surface area contributed by atoms with Gasteiger partial charge in [-0.2, -0.15) is 0 Å². The zero-order chi connectivity index (χ0) is 20.0. The summed E-state index contributed by atoms with van der Waals surface area (Å²) in [4.78, 5) is 20.4. The molecule has 1 atom stereocenters. The molecule has 0 aliphatic rings. The summed E-state index contributed by atoms with van der Waals surface area (Å²) in [5, 5.41) is 18.4. The maximum absolute atomic E-state index is 11.5. The number of carbonyl (C=O) groups is 2. The quantitative estimate of drug-likeness (QED) is 0.828. The van der Waals surface area contributed by atoms with Crippen LogP contribution in [-0.4, -0.2) is 21.6 Å². The van der Waals surface area contributed by atoms with Gasteiger partial charge in [-0.1, -0.05) is 31.5 Å². The number of aromatic nitrogens is 2. The van der Waals surface area contributed by atoms with Crippen molar-refractivity contribution in [1.82, 2.24) is 4.57 Å². The Hall–Kier alpha value is -2.63. The number of aliphatic carboxylic acids is 2. The zero-order valence-corrected chi connectivity index (χ0v) is 16.3. The molecule has 2 rings (SSSR count). The SMILES string of the molecule is CC(=O)[O-].Cc1cc(C)c(-n2cc[n+]([C@@H](CC(C)C)C(=O)O)c2)c(C)c1. The molecule has 26 heavy (non-hydrogen) atoms. The molecule has 0 fully saturated rings. The van der Waals surface area contributed by atoms with E-state index in [1.165, 1.54) is 16.7 Å². The molecule has 0 aliphatic heterocycles. The monoisotopic (exact) mass is 360 g/mol. The number of nitrogens with zero attached hydrogens (tertiary/aromatic N) is 2. The fourth-order valence-corrected chi connectivity index (χ4v) is 3.06. The topological polar surface area (TPSA) is 86.2 Å². The van der Waals surface area contributed by atoms with Crippen molar-refractivity contribution in [2.24, 2.45) is 5.92 Å². The van der Waals surface area contributed by atoms with Gasteiger partial charge < -0.3 is 15.0 Å². The van der Waals surface area contributed by atoms with E-state index in [1.807, 2.05) is 37.1 Å². The molecule has 0 bridgehead atoms. The Balaban J connectivity index is 0.000000765. The van der Waals surface area contributed by atoms with E-state index in [1.54, 1.807) is 4.57 Å². The summed E-state index contributed by atoms with van der Waals surface area (Å²) in [7, 11) is 0. The van der Waals surface area contributed by atoms with Crippen molar-refractivity contribution in [2.45, 2.75) is 54.0 Å². The van der Waals surface area contributed by atoms with Crippen LogP contribution in [0.1, 0.15) is 49.9 Å². The second-order valence-corrected chi connectivity index (χ2v) is 6.99. The molecule has 1 aromatic carbocycles. The molecular formula is C20H28N2O4. The van der Waals surface area contributed by atoms with Gasteiger partial charge in [0.25, 0.3) is 0 Å². The standard InChI is InChI=1S/C18H24N2O2.C2H4O2/c1-12(2)8-16(18(21)22)19-6-7-20(11-19)17-14(4)9-13(3)10-15(17)5;1-2(3)4/h6-7,9-12,16H,8H2,1-5H3;1H3,(H,3,4)/t16-;/m0./s1. The van der Waals surface area contributed by atoms with Crippen LogP contribution in [-0.2, 0) is 9.59 Å². The van der Waals surface area contributed by atoms with E-state index < -0.39 is 18.0 Å². The van der Waals surface area contributed by atoms with Crippen LogP contribution in [0.15, 0.2) is 30.9 Å². The summed E-state index contributed by atoms with van der Waals surface area (Å²) in [5.74, 6) is -1.53. The normalized spacial score (nSPS) is 11.7. The Bertz CT molecular complexity index is 751. The highest BCUT2D eigenvalue weighted by Gasteiger charge is 2.26. The third-order valence-corrected chi connectivity index (χ3v) is 3.89. The Kier molecular flexibility index (Phi) is 7.56. The van der Waals surface area contributed by atoms with Crippen LogP contribution in [0.2, 0.25) is 0 Å². The van der Waals surface area contributed by atoms with Crippen molar-refractivity contribution in [3.05, 3.63) is 47.5 Å². The van der Waals surface area contributed by atoms with Gasteiger partial charge in [-0.15, -0.1) is 0 Å². The third kappa shape index (κ3) is 6.02. The van der Waals surface area contributed by atoms with Crippen LogP contribution < -0.4 is 9.67 Å². The molecule has 6 heteroatoms. The van der Waals surface area contributed by atoms with Gasteiger partial charge in [0.15, 0.2) is 6.04 Å². The fraction of sp³-hybridized carbons (Fsp3) is 0.450. The van der Waals surface area contributed by atoms with Crippen molar-refractivity contribution in [3.8, 4) is 5.69 Å². The number of rotatable bonds is 5. The Morgan fingerprint density at radius 3 is 2.12 bits per heavy atom. The highest BCUT2D eigenvalue weighted by Crippen LogP contribution is 2.21. The number of hydrogen-bond donors (Lipinski definition) is 1. The van der Waals surface area contributed by atoms with Crippen LogP contribution in [0, 0.1) is 26.7 Å². The van der Waals surface area contributed by atoms with Crippen molar-refractivity contribution in [3.63, 3.8) is 0 Å². The number of imidazole rings is 1. The molecule has 142 valence electrons. The smallest absolute Gasteiger partial charge is 0.349 e. The zero-order valence-electron chi connectivity index (χ0n) is 16.3. The highest BCUT2D eigenvalue weighted by atomic mass is 16.4. The number of hydrogen-bond acceptors (Lipinski definition) is 3. The van der Waals surface area contributed by atoms with Crippen molar-refractivity contribution < 1.29 is 24.4 Å². The fourth-order valence-electron chi connectivity index (χ4n) is 3.06. The lowest BCUT2D eigenvalue weighted by Crippen LogP contribution is -2.43. The first-order chi connectivity index (χ1) is 12.0. The van der Waals surface area contributed by atoms with Gasteiger partial charge in [0, 0.05) is 12.4 Å². The van der Waals surface area contributed by atoms with Gasteiger partial charge in [0.05, 0.1) is 0 Å². The summed E-state index contributed by atoms with van der Waals surface area (Å²) in [6, 6.07) is 3.78. The molecule has 6 nitrogen and oxygen atoms in total. The maximum Gasteiger partial charge on any atom is 0.349 e. The largest absolute Gasteiger partial charge is 0.550 e. The number of aryl methyl sites for hydroxylation is 3. The number of carboxylic acid groups (broad SMARTS) is 2. The Labute approximate surface area is 154 Å². The first-order valence-corrected chi connectivity index (χ1v) is 8.60. The van der Waals surface area contributed by atoms with Crippen LogP contribution in [0.4, 0.5) is 0 Å². The lowest BCUT2D eigenvalue weighted by Gasteiger charge is -2.11. The van der Waals surface area contributed by atoms with Crippen LogP contribution in [0.3, 0.4) is 0 Å². The van der Waals surface area contributed by atoms with Crippen LogP contribution in [0.5, 0.6) is 0 Å². The lowest BCUT2D eigenvalue weighted by atomic mass is 10.0. The van der Waals surface area contributed by atoms with E-state index >= 15 is 0 Å². The first-order valence-electron chi connectivity index (χ1n) is 8.60. The molecule has 0 radical (unpaired) electrons. The van der Waals surface area contributed by atoms with Gasteiger partial charge in [0.2, 0.25) is 6.33 Å². The molecule has 1 heterocycles. The number of carboxylic acids is 2. The molecule has 0 saturated carbocycles. The predicted molar refractivity (Wildman–Crippen MR) is 97.0 cm³/mol. The minimum Gasteiger partial charge on any atom is -0.550 e. The molecule has 0 amide bonds. The van der Waals surface area contributed by atoms with Gasteiger partial charge in [-0.05, 0) is 44.7 Å². The van der Waals surface area contributed by atoms with Crippen molar-refractivity contribution >= 4 is 11.9 Å². The van der Waals surface area contributed by atoms with E-state index in [-0.39, 0.29) is 0 Å². The van der Waals surface area contributed by atoms with E-state index in [0.29, 0.717) is 12.3 Å². The van der Waals surface area contributed by atoms with E-state index in [9.17, 15) is 9.90 Å². The van der Waals surface area contributed by atoms with E-state index in [2.05, 4.69) is 32.9 Å². The average molecular weight is 360 g/mol. The predicted octanol–water partition coefficient (Wildman–Crippen LogP) is 2.12. The average Bonchev–Trinajstić information content (AvgIpc) is 2.91. The van der Waals surface area contributed by atoms with E-state index in [0.717, 1.165) is 12.6 Å². The van der Waals surface area contributed by atoms with Gasteiger partial charge >= 0.3 is 5.97 Å². The van der Waals surface area contributed by atoms with Crippen LogP contribution in [0.25, 0.3) is 5.69 Å². The highest BCUT2D eigenvalue weighted by molar-refractivity contribution is 5.69. The summed E-state index contributed by atoms with van der Waals surface area (Å²) in [6.07, 6.45) is 6.28. The maximum atomic E-state index is 11.5. The second-order valence-electron chi connectivity index (χ2n) is 6.99. The van der Waals surface area contributed by atoms with Crippen LogP contribution >= 0.6 is 0 Å². The summed E-state index contributed by atoms with van der Waals surface area (Å²) in [6.45, 7) is 11.3. The molecule has 0 aliphatic carbocycles. The summed E-state index contributed by atoms with van der Waals surface area (Å²) >= 11 is 0. The molecule has 1 aromatic heterocycles. The molecule has 1 N–H and O–H groups in total. The summed E-state index contributed by atoms with van der Waals surface area (Å²) < 4.78 is 3.81. The van der Waals surface area contributed by atoms with Gasteiger partial charge in [0.1, 0.15) is 18.1 Å². The second kappa shape index (κ2) is 9.17. The number of benzene rings is 1. The van der Waals surface area contributed by atoms with E-state index in [4.69, 9.17) is 9.90 Å². The third-order valence-electron chi connectivity index (χ3n) is 3.89. The van der Waals surface area contributed by atoms with Crippen molar-refractivity contribution in [1.29, 1.82) is 0 Å². The first kappa shape index (κ1) is 21.4. The lowest BCUT2D eigenvalue weighted by molar-refractivity contribution is -0.711. The molecule has 0 spiro atoms. The molecular weight excluding hydrogens is 332 g/mol. The number of carbonyl (C=O) groups excluding carboxylic acids is 1. The molecule has 0 unspecified atom stereocenters. The van der Waals surface area contributed by atoms with Gasteiger partial charge in [-0.25, -0.2) is 13.9 Å². The molecule has 2 aromatic rings. The Morgan fingerprint density at radius 1 is 1.19 bits per heavy atom. The Morgan fingerprint density at radius 2 is 1.69 bits per heavy atom. The molecule has 0 saturated heterocycles. The van der Waals surface area contributed by atoms with Gasteiger partial charge in [-0.3, -0.25) is 0 Å². The van der Waals surface area contributed by atoms with Crippen molar-refractivity contribution in [2.75, 3.05) is 0 Å². The summed E-state index contributed by atoms with van der Waals surface area (Å²) in [5.41, 5.74) is 4.74.